The molecule has 1 aromatic heterocycles. The summed E-state index contributed by atoms with van der Waals surface area (Å²) in [6.45, 7) is 6.16. The van der Waals surface area contributed by atoms with Crippen LogP contribution in [0.2, 0.25) is 0 Å². The number of fused-ring (bicyclic) bond motifs is 1. The molecule has 0 spiro atoms. The normalized spacial score (nSPS) is 17.5. The first-order valence-electron chi connectivity index (χ1n) is 7.01. The van der Waals surface area contributed by atoms with E-state index in [4.69, 9.17) is 5.73 Å². The Hall–Kier alpha value is -1.61. The summed E-state index contributed by atoms with van der Waals surface area (Å²) in [5, 5.41) is 1.23. The molecule has 3 rings (SSSR count). The van der Waals surface area contributed by atoms with Crippen molar-refractivity contribution in [2.24, 2.45) is 5.73 Å². The Morgan fingerprint density at radius 2 is 2.05 bits per heavy atom. The molecule has 19 heavy (non-hydrogen) atoms. The van der Waals surface area contributed by atoms with E-state index in [0.717, 1.165) is 37.1 Å². The number of hydrogen-bond donors (Lipinski definition) is 1. The number of nitrogens with two attached hydrogens (primary N) is 1. The molecule has 1 fully saturated rings. The summed E-state index contributed by atoms with van der Waals surface area (Å²) >= 11 is 0. The van der Waals surface area contributed by atoms with Crippen molar-refractivity contribution in [1.29, 1.82) is 0 Å². The zero-order valence-corrected chi connectivity index (χ0v) is 11.7. The SMILES string of the molecule is CCCC1(N)CN(c2cc(C)nc3ccccc23)C1. The molecule has 2 aromatic rings. The van der Waals surface area contributed by atoms with E-state index in [2.05, 4.69) is 48.0 Å². The third-order valence-corrected chi connectivity index (χ3v) is 3.92. The summed E-state index contributed by atoms with van der Waals surface area (Å²) in [4.78, 5) is 6.97. The highest BCUT2D eigenvalue weighted by Crippen LogP contribution is 2.34. The number of anilines is 1. The lowest BCUT2D eigenvalue weighted by atomic mass is 9.85. The Morgan fingerprint density at radius 3 is 2.79 bits per heavy atom. The van der Waals surface area contributed by atoms with Crippen molar-refractivity contribution in [1.82, 2.24) is 4.98 Å². The monoisotopic (exact) mass is 255 g/mol. The number of nitrogens with zero attached hydrogens (tertiary/aromatic N) is 2. The van der Waals surface area contributed by atoms with Crippen molar-refractivity contribution >= 4 is 16.6 Å². The molecule has 1 aliphatic heterocycles. The molecular formula is C16H21N3. The van der Waals surface area contributed by atoms with Crippen LogP contribution in [0.25, 0.3) is 10.9 Å². The first-order chi connectivity index (χ1) is 9.11. The highest BCUT2D eigenvalue weighted by atomic mass is 15.3. The number of rotatable bonds is 3. The van der Waals surface area contributed by atoms with Crippen LogP contribution in [0.5, 0.6) is 0 Å². The van der Waals surface area contributed by atoms with E-state index >= 15 is 0 Å². The van der Waals surface area contributed by atoms with Crippen molar-refractivity contribution < 1.29 is 0 Å². The Balaban J connectivity index is 1.94. The van der Waals surface area contributed by atoms with E-state index in [9.17, 15) is 0 Å². The summed E-state index contributed by atoms with van der Waals surface area (Å²) in [7, 11) is 0. The van der Waals surface area contributed by atoms with Crippen LogP contribution < -0.4 is 10.6 Å². The van der Waals surface area contributed by atoms with Crippen LogP contribution in [0.15, 0.2) is 30.3 Å². The predicted molar refractivity (Wildman–Crippen MR) is 80.5 cm³/mol. The minimum Gasteiger partial charge on any atom is -0.367 e. The minimum absolute atomic E-state index is 0.00697. The summed E-state index contributed by atoms with van der Waals surface area (Å²) in [5.41, 5.74) is 9.79. The van der Waals surface area contributed by atoms with Crippen molar-refractivity contribution in [3.63, 3.8) is 0 Å². The Bertz CT molecular complexity index is 600. The van der Waals surface area contributed by atoms with Gasteiger partial charge in [-0.3, -0.25) is 4.98 Å². The van der Waals surface area contributed by atoms with Crippen molar-refractivity contribution in [2.45, 2.75) is 32.2 Å². The molecule has 1 aliphatic rings. The molecule has 3 nitrogen and oxygen atoms in total. The second-order valence-corrected chi connectivity index (χ2v) is 5.77. The molecule has 0 radical (unpaired) electrons. The molecule has 1 saturated heterocycles. The van der Waals surface area contributed by atoms with E-state index in [1.54, 1.807) is 0 Å². The van der Waals surface area contributed by atoms with E-state index in [-0.39, 0.29) is 5.54 Å². The van der Waals surface area contributed by atoms with Gasteiger partial charge >= 0.3 is 0 Å². The summed E-state index contributed by atoms with van der Waals surface area (Å²) in [6.07, 6.45) is 2.26. The van der Waals surface area contributed by atoms with Gasteiger partial charge in [-0.1, -0.05) is 31.5 Å². The molecule has 1 aromatic carbocycles. The van der Waals surface area contributed by atoms with E-state index < -0.39 is 0 Å². The molecule has 3 heteroatoms. The molecule has 2 N–H and O–H groups in total. The Kier molecular flexibility index (Phi) is 2.94. The van der Waals surface area contributed by atoms with Crippen molar-refractivity contribution in [3.8, 4) is 0 Å². The summed E-state index contributed by atoms with van der Waals surface area (Å²) in [6, 6.07) is 10.5. The van der Waals surface area contributed by atoms with Crippen LogP contribution in [0.1, 0.15) is 25.5 Å². The van der Waals surface area contributed by atoms with Crippen LogP contribution in [0, 0.1) is 6.92 Å². The Morgan fingerprint density at radius 1 is 1.32 bits per heavy atom. The zero-order valence-electron chi connectivity index (χ0n) is 11.7. The third kappa shape index (κ3) is 2.19. The largest absolute Gasteiger partial charge is 0.367 e. The van der Waals surface area contributed by atoms with E-state index in [1.165, 1.54) is 11.1 Å². The maximum Gasteiger partial charge on any atom is 0.0726 e. The molecule has 100 valence electrons. The topological polar surface area (TPSA) is 42.1 Å². The number of aromatic nitrogens is 1. The lowest BCUT2D eigenvalue weighted by Crippen LogP contribution is -2.67. The number of benzene rings is 1. The lowest BCUT2D eigenvalue weighted by molar-refractivity contribution is 0.308. The second-order valence-electron chi connectivity index (χ2n) is 5.77. The van der Waals surface area contributed by atoms with Gasteiger partial charge in [-0.05, 0) is 25.5 Å². The third-order valence-electron chi connectivity index (χ3n) is 3.92. The van der Waals surface area contributed by atoms with Gasteiger partial charge in [-0.25, -0.2) is 0 Å². The lowest BCUT2D eigenvalue weighted by Gasteiger charge is -2.49. The van der Waals surface area contributed by atoms with Crippen LogP contribution >= 0.6 is 0 Å². The second kappa shape index (κ2) is 4.49. The molecule has 0 amide bonds. The fourth-order valence-electron chi connectivity index (χ4n) is 3.09. The summed E-state index contributed by atoms with van der Waals surface area (Å²) < 4.78 is 0. The number of aryl methyl sites for hydroxylation is 1. The van der Waals surface area contributed by atoms with Crippen LogP contribution in [0.4, 0.5) is 5.69 Å². The average molecular weight is 255 g/mol. The molecule has 0 atom stereocenters. The smallest absolute Gasteiger partial charge is 0.0726 e. The average Bonchev–Trinajstić information content (AvgIpc) is 2.35. The van der Waals surface area contributed by atoms with Gasteiger partial charge < -0.3 is 10.6 Å². The van der Waals surface area contributed by atoms with Gasteiger partial charge in [0, 0.05) is 29.9 Å². The van der Waals surface area contributed by atoms with Gasteiger partial charge in [0.25, 0.3) is 0 Å². The fourth-order valence-corrected chi connectivity index (χ4v) is 3.09. The number of pyridine rings is 1. The molecule has 0 bridgehead atoms. The van der Waals surface area contributed by atoms with E-state index in [0.29, 0.717) is 0 Å². The first-order valence-corrected chi connectivity index (χ1v) is 7.01. The van der Waals surface area contributed by atoms with Gasteiger partial charge in [0.1, 0.15) is 0 Å². The number of para-hydroxylation sites is 1. The molecular weight excluding hydrogens is 234 g/mol. The number of hydrogen-bond acceptors (Lipinski definition) is 3. The molecule has 0 unspecified atom stereocenters. The Labute approximate surface area is 114 Å². The van der Waals surface area contributed by atoms with Crippen LogP contribution in [0.3, 0.4) is 0 Å². The van der Waals surface area contributed by atoms with Crippen molar-refractivity contribution in [2.75, 3.05) is 18.0 Å². The predicted octanol–water partition coefficient (Wildman–Crippen LogP) is 2.86. The molecule has 0 saturated carbocycles. The van der Waals surface area contributed by atoms with Crippen LogP contribution in [-0.2, 0) is 0 Å². The van der Waals surface area contributed by atoms with Gasteiger partial charge in [0.2, 0.25) is 0 Å². The molecule has 0 aliphatic carbocycles. The quantitative estimate of drug-likeness (QED) is 0.917. The molecule has 2 heterocycles. The highest BCUT2D eigenvalue weighted by molar-refractivity contribution is 5.92. The van der Waals surface area contributed by atoms with Gasteiger partial charge in [0.15, 0.2) is 0 Å². The maximum absolute atomic E-state index is 6.37. The standard InChI is InChI=1S/C16H21N3/c1-3-8-16(17)10-19(11-16)15-9-12(2)18-14-7-5-4-6-13(14)15/h4-7,9H,3,8,10-11,17H2,1-2H3. The van der Waals surface area contributed by atoms with E-state index in [1.807, 2.05) is 6.07 Å². The minimum atomic E-state index is 0.00697. The fraction of sp³-hybridized carbons (Fsp3) is 0.438. The van der Waals surface area contributed by atoms with Gasteiger partial charge in [-0.15, -0.1) is 0 Å². The maximum atomic E-state index is 6.37. The van der Waals surface area contributed by atoms with Crippen molar-refractivity contribution in [3.05, 3.63) is 36.0 Å². The van der Waals surface area contributed by atoms with Gasteiger partial charge in [0.05, 0.1) is 11.1 Å². The first kappa shape index (κ1) is 12.4. The zero-order chi connectivity index (χ0) is 13.5. The highest BCUT2D eigenvalue weighted by Gasteiger charge is 2.39. The summed E-state index contributed by atoms with van der Waals surface area (Å²) in [5.74, 6) is 0. The van der Waals surface area contributed by atoms with Gasteiger partial charge in [-0.2, -0.15) is 0 Å². The van der Waals surface area contributed by atoms with Crippen LogP contribution in [-0.4, -0.2) is 23.6 Å².